The van der Waals surface area contributed by atoms with Gasteiger partial charge in [0, 0.05) is 12.8 Å². The molecule has 2 heteroatoms. The second-order valence-electron chi connectivity index (χ2n) is 7.00. The van der Waals surface area contributed by atoms with Crippen molar-refractivity contribution in [1.82, 2.24) is 0 Å². The molecular weight excluding hydrogens is 296 g/mol. The molecule has 1 fully saturated rings. The third kappa shape index (κ3) is 3.63. The van der Waals surface area contributed by atoms with E-state index in [1.165, 1.54) is 48.1 Å². The first-order valence-corrected chi connectivity index (χ1v) is 9.38. The standard InChI is InChI=1S/C22H28O2/c1-3-4-9-18-15-14-17-10-5-6-11-19(17)22(18)20-12-7-8-13-21(20)24-16(2)23/h5-6,10-11,14-15,20-21H,3-4,7-9,12-13H2,1-2H3/t20-,21+/m0/s1. The van der Waals surface area contributed by atoms with Gasteiger partial charge >= 0.3 is 5.97 Å². The molecule has 3 rings (SSSR count). The van der Waals surface area contributed by atoms with Gasteiger partial charge in [-0.25, -0.2) is 0 Å². The number of aryl methyl sites for hydroxylation is 1. The molecule has 0 amide bonds. The molecule has 0 N–H and O–H groups in total. The molecule has 0 radical (unpaired) electrons. The van der Waals surface area contributed by atoms with Gasteiger partial charge in [-0.15, -0.1) is 0 Å². The highest BCUT2D eigenvalue weighted by Crippen LogP contribution is 2.40. The molecule has 0 heterocycles. The lowest BCUT2D eigenvalue weighted by Crippen LogP contribution is -2.28. The third-order valence-corrected chi connectivity index (χ3v) is 5.25. The zero-order valence-corrected chi connectivity index (χ0v) is 14.9. The van der Waals surface area contributed by atoms with Crippen molar-refractivity contribution in [3.63, 3.8) is 0 Å². The van der Waals surface area contributed by atoms with Crippen LogP contribution in [0.15, 0.2) is 36.4 Å². The maximum atomic E-state index is 11.6. The molecule has 1 saturated carbocycles. The molecule has 0 unspecified atom stereocenters. The van der Waals surface area contributed by atoms with Crippen LogP contribution in [0.4, 0.5) is 0 Å². The Labute approximate surface area is 145 Å². The highest BCUT2D eigenvalue weighted by molar-refractivity contribution is 5.87. The van der Waals surface area contributed by atoms with E-state index < -0.39 is 0 Å². The first-order chi connectivity index (χ1) is 11.7. The van der Waals surface area contributed by atoms with E-state index in [1.807, 2.05) is 0 Å². The molecule has 0 bridgehead atoms. The molecule has 2 aromatic carbocycles. The summed E-state index contributed by atoms with van der Waals surface area (Å²) in [6.45, 7) is 3.77. The van der Waals surface area contributed by atoms with Gasteiger partial charge in [0.05, 0.1) is 0 Å². The van der Waals surface area contributed by atoms with Crippen molar-refractivity contribution < 1.29 is 9.53 Å². The molecular formula is C22H28O2. The Morgan fingerprint density at radius 2 is 1.92 bits per heavy atom. The van der Waals surface area contributed by atoms with E-state index in [4.69, 9.17) is 4.74 Å². The predicted octanol–water partition coefficient (Wildman–Crippen LogP) is 5.77. The molecule has 24 heavy (non-hydrogen) atoms. The van der Waals surface area contributed by atoms with Gasteiger partial charge in [0.15, 0.2) is 0 Å². The fraction of sp³-hybridized carbons (Fsp3) is 0.500. The quantitative estimate of drug-likeness (QED) is 0.652. The van der Waals surface area contributed by atoms with Crippen molar-refractivity contribution in [3.05, 3.63) is 47.5 Å². The minimum Gasteiger partial charge on any atom is -0.462 e. The number of hydrogen-bond acceptors (Lipinski definition) is 2. The highest BCUT2D eigenvalue weighted by Gasteiger charge is 2.31. The summed E-state index contributed by atoms with van der Waals surface area (Å²) in [6.07, 6.45) is 8.02. The van der Waals surface area contributed by atoms with Crippen LogP contribution < -0.4 is 0 Å². The molecule has 2 nitrogen and oxygen atoms in total. The average molecular weight is 324 g/mol. The van der Waals surface area contributed by atoms with Crippen LogP contribution in [-0.2, 0) is 16.0 Å². The number of esters is 1. The number of hydrogen-bond donors (Lipinski definition) is 0. The number of carbonyl (C=O) groups is 1. The van der Waals surface area contributed by atoms with Gasteiger partial charge in [-0.3, -0.25) is 4.79 Å². The van der Waals surface area contributed by atoms with E-state index >= 15 is 0 Å². The van der Waals surface area contributed by atoms with Crippen molar-refractivity contribution in [2.75, 3.05) is 0 Å². The van der Waals surface area contributed by atoms with Gasteiger partial charge in [0.25, 0.3) is 0 Å². The van der Waals surface area contributed by atoms with Crippen LogP contribution in [0.25, 0.3) is 10.8 Å². The summed E-state index contributed by atoms with van der Waals surface area (Å²) in [4.78, 5) is 11.6. The van der Waals surface area contributed by atoms with Crippen molar-refractivity contribution in [2.24, 2.45) is 0 Å². The van der Waals surface area contributed by atoms with E-state index in [1.54, 1.807) is 0 Å². The summed E-state index contributed by atoms with van der Waals surface area (Å²) in [6, 6.07) is 13.2. The highest BCUT2D eigenvalue weighted by atomic mass is 16.5. The summed E-state index contributed by atoms with van der Waals surface area (Å²) in [5.41, 5.74) is 2.88. The normalized spacial score (nSPS) is 20.9. The van der Waals surface area contributed by atoms with Crippen molar-refractivity contribution in [3.8, 4) is 0 Å². The van der Waals surface area contributed by atoms with Gasteiger partial charge < -0.3 is 4.74 Å². The topological polar surface area (TPSA) is 26.3 Å². The molecule has 0 aliphatic heterocycles. The van der Waals surface area contributed by atoms with E-state index in [0.717, 1.165) is 25.7 Å². The molecule has 0 aromatic heterocycles. The Bertz CT molecular complexity index is 704. The summed E-state index contributed by atoms with van der Waals surface area (Å²) < 4.78 is 5.73. The van der Waals surface area contributed by atoms with Gasteiger partial charge in [0.1, 0.15) is 6.10 Å². The maximum absolute atomic E-state index is 11.6. The van der Waals surface area contributed by atoms with Crippen LogP contribution in [-0.4, -0.2) is 12.1 Å². The molecule has 1 aliphatic rings. The smallest absolute Gasteiger partial charge is 0.302 e. The number of carbonyl (C=O) groups excluding carboxylic acids is 1. The third-order valence-electron chi connectivity index (χ3n) is 5.25. The average Bonchev–Trinajstić information content (AvgIpc) is 2.59. The second kappa shape index (κ2) is 7.83. The predicted molar refractivity (Wildman–Crippen MR) is 99.3 cm³/mol. The summed E-state index contributed by atoms with van der Waals surface area (Å²) >= 11 is 0. The maximum Gasteiger partial charge on any atom is 0.302 e. The second-order valence-corrected chi connectivity index (χ2v) is 7.00. The Balaban J connectivity index is 2.07. The Morgan fingerprint density at radius 1 is 1.12 bits per heavy atom. The molecule has 0 spiro atoms. The largest absolute Gasteiger partial charge is 0.462 e. The number of unbranched alkanes of at least 4 members (excludes halogenated alkanes) is 1. The fourth-order valence-corrected chi connectivity index (χ4v) is 4.15. The van der Waals surface area contributed by atoms with Crippen molar-refractivity contribution in [1.29, 1.82) is 0 Å². The first-order valence-electron chi connectivity index (χ1n) is 9.38. The Kier molecular flexibility index (Phi) is 5.55. The number of benzene rings is 2. The Morgan fingerprint density at radius 3 is 2.71 bits per heavy atom. The number of rotatable bonds is 5. The molecule has 128 valence electrons. The fourth-order valence-electron chi connectivity index (χ4n) is 4.15. The number of ether oxygens (including phenoxy) is 1. The van der Waals surface area contributed by atoms with Gasteiger partial charge in [0.2, 0.25) is 0 Å². The minimum absolute atomic E-state index is 0.0300. The van der Waals surface area contributed by atoms with E-state index in [2.05, 4.69) is 43.3 Å². The summed E-state index contributed by atoms with van der Waals surface area (Å²) in [5.74, 6) is 0.183. The van der Waals surface area contributed by atoms with E-state index in [9.17, 15) is 4.79 Å². The van der Waals surface area contributed by atoms with E-state index in [-0.39, 0.29) is 12.1 Å². The van der Waals surface area contributed by atoms with Crippen LogP contribution in [0.3, 0.4) is 0 Å². The molecule has 2 atom stereocenters. The Hall–Kier alpha value is -1.83. The lowest BCUT2D eigenvalue weighted by molar-refractivity contribution is -0.148. The summed E-state index contributed by atoms with van der Waals surface area (Å²) in [5, 5.41) is 2.63. The molecule has 1 aliphatic carbocycles. The monoisotopic (exact) mass is 324 g/mol. The lowest BCUT2D eigenvalue weighted by atomic mass is 9.77. The molecule has 0 saturated heterocycles. The van der Waals surface area contributed by atoms with Crippen LogP contribution in [0.2, 0.25) is 0 Å². The lowest BCUT2D eigenvalue weighted by Gasteiger charge is -2.33. The van der Waals surface area contributed by atoms with Crippen LogP contribution in [0, 0.1) is 0 Å². The first kappa shape index (κ1) is 17.0. The zero-order chi connectivity index (χ0) is 16.9. The van der Waals surface area contributed by atoms with Gasteiger partial charge in [-0.05, 0) is 54.0 Å². The molecule has 2 aromatic rings. The van der Waals surface area contributed by atoms with Crippen LogP contribution in [0.5, 0.6) is 0 Å². The van der Waals surface area contributed by atoms with Crippen LogP contribution >= 0.6 is 0 Å². The van der Waals surface area contributed by atoms with Gasteiger partial charge in [-0.1, -0.05) is 56.2 Å². The summed E-state index contributed by atoms with van der Waals surface area (Å²) in [7, 11) is 0. The van der Waals surface area contributed by atoms with E-state index in [0.29, 0.717) is 5.92 Å². The minimum atomic E-state index is -0.151. The van der Waals surface area contributed by atoms with Gasteiger partial charge in [-0.2, -0.15) is 0 Å². The van der Waals surface area contributed by atoms with Crippen LogP contribution in [0.1, 0.15) is 69.4 Å². The zero-order valence-electron chi connectivity index (χ0n) is 14.9. The van der Waals surface area contributed by atoms with Crippen molar-refractivity contribution >= 4 is 16.7 Å². The van der Waals surface area contributed by atoms with Crippen molar-refractivity contribution in [2.45, 2.75) is 70.8 Å². The SMILES string of the molecule is CCCCc1ccc2ccccc2c1[C@H]1CCCC[C@H]1OC(C)=O. The number of fused-ring (bicyclic) bond motifs is 1.